The third-order valence-corrected chi connectivity index (χ3v) is 3.43. The number of thiocarbonyl (C=S) groups is 1. The number of aryl methyl sites for hydroxylation is 1. The summed E-state index contributed by atoms with van der Waals surface area (Å²) >= 11 is 8.27. The maximum Gasteiger partial charge on any atom is 0.255 e. The normalized spacial score (nSPS) is 10.1. The number of nitrogens with one attached hydrogen (secondary N) is 1. The van der Waals surface area contributed by atoms with Crippen LogP contribution in [0.3, 0.4) is 0 Å². The van der Waals surface area contributed by atoms with E-state index in [-0.39, 0.29) is 5.91 Å². The number of nitrogens with two attached hydrogens (primary N) is 1. The molecule has 0 radical (unpaired) electrons. The van der Waals surface area contributed by atoms with Crippen molar-refractivity contribution in [2.45, 2.75) is 6.92 Å². The Morgan fingerprint density at radius 3 is 2.35 bits per heavy atom. The molecule has 0 unspecified atom stereocenters. The third kappa shape index (κ3) is 3.65. The van der Waals surface area contributed by atoms with Crippen molar-refractivity contribution in [1.82, 2.24) is 0 Å². The Balaban J connectivity index is 2.16. The molecule has 2 aromatic carbocycles. The van der Waals surface area contributed by atoms with Gasteiger partial charge < -0.3 is 11.1 Å². The second-order valence-corrected chi connectivity index (χ2v) is 5.77. The molecule has 0 aliphatic rings. The van der Waals surface area contributed by atoms with Crippen LogP contribution in [-0.2, 0) is 0 Å². The molecule has 0 aliphatic heterocycles. The second kappa shape index (κ2) is 6.15. The number of hydrogen-bond donors (Lipinski definition) is 2. The summed E-state index contributed by atoms with van der Waals surface area (Å²) in [6.45, 7) is 1.94. The first kappa shape index (κ1) is 14.7. The molecular weight excluding hydrogens is 336 g/mol. The van der Waals surface area contributed by atoms with Crippen LogP contribution < -0.4 is 11.1 Å². The molecule has 3 nitrogen and oxygen atoms in total. The average Bonchev–Trinajstić information content (AvgIpc) is 2.38. The standard InChI is InChI=1S/C15H13BrN2OS/c1-9-6-11(8-12(16)7-9)15(19)18-13-4-2-10(3-5-13)14(17)20/h2-8H,1H3,(H2,17,20)(H,18,19). The van der Waals surface area contributed by atoms with Crippen molar-refractivity contribution in [3.05, 3.63) is 63.6 Å². The number of anilines is 1. The summed E-state index contributed by atoms with van der Waals surface area (Å²) < 4.78 is 0.881. The minimum Gasteiger partial charge on any atom is -0.389 e. The molecule has 0 fully saturated rings. The highest BCUT2D eigenvalue weighted by atomic mass is 79.9. The number of amides is 1. The van der Waals surface area contributed by atoms with Gasteiger partial charge in [-0.3, -0.25) is 4.79 Å². The van der Waals surface area contributed by atoms with Crippen molar-refractivity contribution in [3.63, 3.8) is 0 Å². The van der Waals surface area contributed by atoms with Crippen LogP contribution >= 0.6 is 28.1 Å². The van der Waals surface area contributed by atoms with E-state index in [2.05, 4.69) is 21.2 Å². The second-order valence-electron chi connectivity index (χ2n) is 4.41. The fourth-order valence-electron chi connectivity index (χ4n) is 1.79. The predicted octanol–water partition coefficient (Wildman–Crippen LogP) is 3.64. The molecule has 0 aromatic heterocycles. The highest BCUT2D eigenvalue weighted by Crippen LogP contribution is 2.17. The summed E-state index contributed by atoms with van der Waals surface area (Å²) in [5.74, 6) is -0.155. The van der Waals surface area contributed by atoms with E-state index in [4.69, 9.17) is 18.0 Å². The van der Waals surface area contributed by atoms with Crippen LogP contribution in [0.15, 0.2) is 46.9 Å². The third-order valence-electron chi connectivity index (χ3n) is 2.73. The minimum atomic E-state index is -0.155. The number of hydrogen-bond acceptors (Lipinski definition) is 2. The van der Waals surface area contributed by atoms with Crippen LogP contribution in [0.25, 0.3) is 0 Å². The van der Waals surface area contributed by atoms with Crippen molar-refractivity contribution >= 4 is 44.7 Å². The van der Waals surface area contributed by atoms with Crippen LogP contribution in [-0.4, -0.2) is 10.9 Å². The molecule has 3 N–H and O–H groups in total. The highest BCUT2D eigenvalue weighted by Gasteiger charge is 2.07. The lowest BCUT2D eigenvalue weighted by Crippen LogP contribution is -2.13. The SMILES string of the molecule is Cc1cc(Br)cc(C(=O)Nc2ccc(C(N)=S)cc2)c1. The Hall–Kier alpha value is -1.72. The van der Waals surface area contributed by atoms with Crippen LogP contribution in [0.5, 0.6) is 0 Å². The summed E-state index contributed by atoms with van der Waals surface area (Å²) in [6.07, 6.45) is 0. The lowest BCUT2D eigenvalue weighted by atomic mass is 10.1. The van der Waals surface area contributed by atoms with E-state index < -0.39 is 0 Å². The zero-order valence-corrected chi connectivity index (χ0v) is 13.2. The van der Waals surface area contributed by atoms with E-state index in [1.54, 1.807) is 30.3 Å². The number of carbonyl (C=O) groups excluding carboxylic acids is 1. The number of carbonyl (C=O) groups is 1. The Morgan fingerprint density at radius 1 is 1.15 bits per heavy atom. The molecule has 0 saturated heterocycles. The number of rotatable bonds is 3. The first-order chi connectivity index (χ1) is 9.45. The van der Waals surface area contributed by atoms with E-state index in [1.807, 2.05) is 19.1 Å². The summed E-state index contributed by atoms with van der Waals surface area (Å²) in [5.41, 5.74) is 8.63. The van der Waals surface area contributed by atoms with Crippen molar-refractivity contribution in [3.8, 4) is 0 Å². The predicted molar refractivity (Wildman–Crippen MR) is 89.2 cm³/mol. The van der Waals surface area contributed by atoms with Gasteiger partial charge in [0.25, 0.3) is 5.91 Å². The monoisotopic (exact) mass is 348 g/mol. The molecule has 0 saturated carbocycles. The van der Waals surface area contributed by atoms with E-state index >= 15 is 0 Å². The first-order valence-corrected chi connectivity index (χ1v) is 7.14. The highest BCUT2D eigenvalue weighted by molar-refractivity contribution is 9.10. The molecule has 0 atom stereocenters. The Labute approximate surface area is 131 Å². The molecule has 1 amide bonds. The Morgan fingerprint density at radius 2 is 1.80 bits per heavy atom. The van der Waals surface area contributed by atoms with Gasteiger partial charge in [-0.25, -0.2) is 0 Å². The van der Waals surface area contributed by atoms with Crippen LogP contribution in [0.4, 0.5) is 5.69 Å². The fourth-order valence-corrected chi connectivity index (χ4v) is 2.53. The van der Waals surface area contributed by atoms with Gasteiger partial charge >= 0.3 is 0 Å². The zero-order chi connectivity index (χ0) is 14.7. The first-order valence-electron chi connectivity index (χ1n) is 5.94. The van der Waals surface area contributed by atoms with Gasteiger partial charge in [0.15, 0.2) is 0 Å². The largest absolute Gasteiger partial charge is 0.389 e. The molecule has 0 aliphatic carbocycles. The summed E-state index contributed by atoms with van der Waals surface area (Å²) in [4.78, 5) is 12.5. The summed E-state index contributed by atoms with van der Waals surface area (Å²) in [6, 6.07) is 12.7. The molecule has 2 rings (SSSR count). The van der Waals surface area contributed by atoms with Gasteiger partial charge in [0.05, 0.1) is 0 Å². The van der Waals surface area contributed by atoms with Gasteiger partial charge in [-0.2, -0.15) is 0 Å². The Bertz CT molecular complexity index is 648. The smallest absolute Gasteiger partial charge is 0.255 e. The van der Waals surface area contributed by atoms with Gasteiger partial charge in [-0.05, 0) is 55.0 Å². The van der Waals surface area contributed by atoms with Gasteiger partial charge in [-0.15, -0.1) is 0 Å². The topological polar surface area (TPSA) is 55.1 Å². The molecule has 102 valence electrons. The number of halogens is 1. The maximum atomic E-state index is 12.2. The van der Waals surface area contributed by atoms with Crippen molar-refractivity contribution < 1.29 is 4.79 Å². The molecule has 0 heterocycles. The molecule has 5 heteroatoms. The Kier molecular flexibility index (Phi) is 4.52. The number of benzene rings is 2. The molecule has 0 bridgehead atoms. The van der Waals surface area contributed by atoms with E-state index in [0.29, 0.717) is 16.2 Å². The molecule has 0 spiro atoms. The van der Waals surface area contributed by atoms with E-state index in [9.17, 15) is 4.79 Å². The van der Waals surface area contributed by atoms with Crippen molar-refractivity contribution in [2.24, 2.45) is 5.73 Å². The van der Waals surface area contributed by atoms with Crippen LogP contribution in [0.2, 0.25) is 0 Å². The van der Waals surface area contributed by atoms with Crippen molar-refractivity contribution in [2.75, 3.05) is 5.32 Å². The summed E-state index contributed by atoms with van der Waals surface area (Å²) in [5, 5.41) is 2.83. The van der Waals surface area contributed by atoms with Crippen LogP contribution in [0, 0.1) is 6.92 Å². The zero-order valence-electron chi connectivity index (χ0n) is 10.8. The molecule has 20 heavy (non-hydrogen) atoms. The maximum absolute atomic E-state index is 12.2. The van der Waals surface area contributed by atoms with Gasteiger partial charge in [0, 0.05) is 21.3 Å². The van der Waals surface area contributed by atoms with Gasteiger partial charge in [-0.1, -0.05) is 28.1 Å². The quantitative estimate of drug-likeness (QED) is 0.832. The van der Waals surface area contributed by atoms with Crippen molar-refractivity contribution in [1.29, 1.82) is 0 Å². The lowest BCUT2D eigenvalue weighted by molar-refractivity contribution is 0.102. The van der Waals surface area contributed by atoms with Crippen LogP contribution in [0.1, 0.15) is 21.5 Å². The van der Waals surface area contributed by atoms with Gasteiger partial charge in [0.2, 0.25) is 0 Å². The average molecular weight is 349 g/mol. The minimum absolute atomic E-state index is 0.155. The van der Waals surface area contributed by atoms with E-state index in [1.165, 1.54) is 0 Å². The molecular formula is C15H13BrN2OS. The lowest BCUT2D eigenvalue weighted by Gasteiger charge is -2.07. The fraction of sp³-hybridized carbons (Fsp3) is 0.0667. The summed E-state index contributed by atoms with van der Waals surface area (Å²) in [7, 11) is 0. The van der Waals surface area contributed by atoms with Gasteiger partial charge in [0.1, 0.15) is 4.99 Å². The van der Waals surface area contributed by atoms with E-state index in [0.717, 1.165) is 15.6 Å². The molecule has 2 aromatic rings.